The molecule has 3 N–H and O–H groups in total. The van der Waals surface area contributed by atoms with Crippen LogP contribution < -0.4 is 20.9 Å². The van der Waals surface area contributed by atoms with Crippen LogP contribution in [-0.4, -0.2) is 29.0 Å². The van der Waals surface area contributed by atoms with E-state index in [1.165, 1.54) is 38.5 Å². The van der Waals surface area contributed by atoms with Crippen LogP contribution in [-0.2, 0) is 17.9 Å². The van der Waals surface area contributed by atoms with Crippen molar-refractivity contribution in [2.24, 2.45) is 17.8 Å². The minimum atomic E-state index is -0.357. The van der Waals surface area contributed by atoms with E-state index in [1.54, 1.807) is 16.2 Å². The number of imide groups is 1. The Labute approximate surface area is 198 Å². The summed E-state index contributed by atoms with van der Waals surface area (Å²) < 4.78 is 0. The van der Waals surface area contributed by atoms with Crippen LogP contribution in [0.5, 0.6) is 0 Å². The van der Waals surface area contributed by atoms with Crippen molar-refractivity contribution in [2.75, 3.05) is 16.8 Å². The minimum absolute atomic E-state index is 0.217. The van der Waals surface area contributed by atoms with Gasteiger partial charge < -0.3 is 10.6 Å². The predicted octanol–water partition coefficient (Wildman–Crippen LogP) is 4.26. The number of carbonyl (C=O) groups is 2. The van der Waals surface area contributed by atoms with Crippen LogP contribution in [0.2, 0.25) is 0 Å². The molecule has 0 spiro atoms. The third-order valence-corrected chi connectivity index (χ3v) is 8.86. The number of carbonyl (C=O) groups excluding carboxylic acids is 2. The predicted molar refractivity (Wildman–Crippen MR) is 129 cm³/mol. The average Bonchev–Trinajstić information content (AvgIpc) is 3.24. The summed E-state index contributed by atoms with van der Waals surface area (Å²) in [5, 5.41) is 13.0. The molecule has 8 heteroatoms. The third-order valence-electron chi connectivity index (χ3n) is 7.96. The van der Waals surface area contributed by atoms with Crippen LogP contribution in [0.3, 0.4) is 0 Å². The van der Waals surface area contributed by atoms with Gasteiger partial charge in [-0.3, -0.25) is 15.0 Å². The molecule has 1 aromatic carbocycles. The summed E-state index contributed by atoms with van der Waals surface area (Å²) in [6.45, 7) is 1.97. The largest absolute Gasteiger partial charge is 0.379 e. The summed E-state index contributed by atoms with van der Waals surface area (Å²) in [5.74, 6) is 2.65. The summed E-state index contributed by atoms with van der Waals surface area (Å²) in [6, 6.07) is 7.37. The highest BCUT2D eigenvalue weighted by Crippen LogP contribution is 2.55. The number of amides is 3. The number of hydrogen-bond acceptors (Lipinski definition) is 6. The highest BCUT2D eigenvalue weighted by Gasteiger charge is 2.50. The van der Waals surface area contributed by atoms with Crippen molar-refractivity contribution in [2.45, 2.75) is 63.6 Å². The number of aromatic nitrogens is 1. The van der Waals surface area contributed by atoms with Crippen LogP contribution in [0.25, 0.3) is 0 Å². The number of rotatable bonds is 7. The average molecular weight is 466 g/mol. The second-order valence-corrected chi connectivity index (χ2v) is 11.4. The van der Waals surface area contributed by atoms with Gasteiger partial charge in [0.1, 0.15) is 5.01 Å². The second kappa shape index (κ2) is 8.40. The zero-order valence-electron chi connectivity index (χ0n) is 18.8. The topological polar surface area (TPSA) is 86.4 Å². The van der Waals surface area contributed by atoms with Crippen LogP contribution in [0.1, 0.15) is 55.6 Å². The van der Waals surface area contributed by atoms with E-state index in [1.807, 2.05) is 24.3 Å². The minimum Gasteiger partial charge on any atom is -0.379 e. The van der Waals surface area contributed by atoms with Gasteiger partial charge in [-0.2, -0.15) is 0 Å². The molecule has 5 aliphatic rings. The molecule has 1 aliphatic heterocycles. The fourth-order valence-electron chi connectivity index (χ4n) is 6.86. The Bertz CT molecular complexity index is 1010. The fraction of sp³-hybridized carbons (Fsp3) is 0.560. The van der Waals surface area contributed by atoms with E-state index in [4.69, 9.17) is 4.98 Å². The maximum atomic E-state index is 12.0. The Morgan fingerprint density at radius 2 is 1.73 bits per heavy atom. The number of benzene rings is 1. The van der Waals surface area contributed by atoms with Crippen molar-refractivity contribution in [1.29, 1.82) is 0 Å². The maximum Gasteiger partial charge on any atom is 0.328 e. The summed E-state index contributed by atoms with van der Waals surface area (Å²) in [6.07, 6.45) is 8.84. The maximum absolute atomic E-state index is 12.0. The first-order chi connectivity index (χ1) is 16.0. The van der Waals surface area contributed by atoms with Gasteiger partial charge in [0, 0.05) is 41.8 Å². The van der Waals surface area contributed by atoms with Gasteiger partial charge >= 0.3 is 6.03 Å². The van der Waals surface area contributed by atoms with Gasteiger partial charge in [0.05, 0.1) is 12.2 Å². The molecule has 5 fully saturated rings. The van der Waals surface area contributed by atoms with Crippen molar-refractivity contribution >= 4 is 34.6 Å². The van der Waals surface area contributed by atoms with Crippen LogP contribution in [0.15, 0.2) is 29.6 Å². The molecule has 0 unspecified atom stereocenters. The van der Waals surface area contributed by atoms with Crippen LogP contribution in [0, 0.1) is 17.8 Å². The molecule has 1 saturated heterocycles. The molecular weight excluding hydrogens is 434 g/mol. The highest BCUT2D eigenvalue weighted by molar-refractivity contribution is 7.09. The molecule has 4 saturated carbocycles. The number of thiazole rings is 1. The Morgan fingerprint density at radius 3 is 2.39 bits per heavy atom. The Balaban J connectivity index is 1.01. The van der Waals surface area contributed by atoms with Gasteiger partial charge in [-0.15, -0.1) is 11.3 Å². The molecule has 33 heavy (non-hydrogen) atoms. The van der Waals surface area contributed by atoms with Gasteiger partial charge in [0.25, 0.3) is 0 Å². The molecule has 3 amide bonds. The second-order valence-electron chi connectivity index (χ2n) is 10.4. The third kappa shape index (κ3) is 4.38. The van der Waals surface area contributed by atoms with Crippen molar-refractivity contribution in [3.05, 3.63) is 40.3 Å². The van der Waals surface area contributed by atoms with E-state index < -0.39 is 0 Å². The monoisotopic (exact) mass is 465 g/mol. The van der Waals surface area contributed by atoms with Gasteiger partial charge in [0.2, 0.25) is 5.91 Å². The first-order valence-electron chi connectivity index (χ1n) is 12.2. The van der Waals surface area contributed by atoms with Crippen molar-refractivity contribution in [3.63, 3.8) is 0 Å². The lowest BCUT2D eigenvalue weighted by atomic mass is 9.53. The van der Waals surface area contributed by atoms with Gasteiger partial charge in [0.15, 0.2) is 0 Å². The standard InChI is InChI=1S/C25H31N5O2S/c31-22-5-6-30(24(32)29-22)21-3-1-19(2-4-21)26-14-23-28-20(15-33-23)13-27-25-10-16-7-17(11-25)9-18(8-16)12-25/h1-4,15-18,26-27H,5-14H2,(H,29,31,32). The summed E-state index contributed by atoms with van der Waals surface area (Å²) in [4.78, 5) is 29.8. The zero-order chi connectivity index (χ0) is 22.4. The molecule has 7 rings (SSSR count). The van der Waals surface area contributed by atoms with Gasteiger partial charge in [-0.1, -0.05) is 0 Å². The lowest BCUT2D eigenvalue weighted by Crippen LogP contribution is -2.58. The van der Waals surface area contributed by atoms with Gasteiger partial charge in [-0.25, -0.2) is 9.78 Å². The molecule has 1 aromatic heterocycles. The normalized spacial score (nSPS) is 30.5. The molecule has 174 valence electrons. The number of nitrogens with one attached hydrogen (secondary N) is 3. The SMILES string of the molecule is O=C1CCN(c2ccc(NCc3nc(CNC45CC6CC(CC(C6)C4)C5)cs3)cc2)C(=O)N1. The van der Waals surface area contributed by atoms with Crippen LogP contribution in [0.4, 0.5) is 16.2 Å². The zero-order valence-corrected chi connectivity index (χ0v) is 19.6. The van der Waals surface area contributed by atoms with Crippen molar-refractivity contribution in [1.82, 2.24) is 15.6 Å². The first kappa shape index (κ1) is 21.1. The Hall–Kier alpha value is -2.45. The number of urea groups is 1. The fourth-order valence-corrected chi connectivity index (χ4v) is 7.60. The molecule has 4 aliphatic carbocycles. The summed E-state index contributed by atoms with van der Waals surface area (Å²) >= 11 is 1.71. The van der Waals surface area contributed by atoms with E-state index in [0.717, 1.165) is 46.4 Å². The Kier molecular flexibility index (Phi) is 5.37. The summed E-state index contributed by atoms with van der Waals surface area (Å²) in [5.41, 5.74) is 3.29. The molecule has 0 atom stereocenters. The lowest BCUT2D eigenvalue weighted by Gasteiger charge is -2.57. The molecule has 0 radical (unpaired) electrons. The first-order valence-corrected chi connectivity index (χ1v) is 13.1. The summed E-state index contributed by atoms with van der Waals surface area (Å²) in [7, 11) is 0. The van der Waals surface area contributed by atoms with Crippen molar-refractivity contribution in [3.8, 4) is 0 Å². The van der Waals surface area contributed by atoms with Gasteiger partial charge in [-0.05, 0) is 80.5 Å². The quantitative estimate of drug-likeness (QED) is 0.569. The van der Waals surface area contributed by atoms with E-state index in [9.17, 15) is 9.59 Å². The Morgan fingerprint density at radius 1 is 1.03 bits per heavy atom. The smallest absolute Gasteiger partial charge is 0.328 e. The van der Waals surface area contributed by atoms with Crippen molar-refractivity contribution < 1.29 is 9.59 Å². The molecule has 7 nitrogen and oxygen atoms in total. The van der Waals surface area contributed by atoms with E-state index in [0.29, 0.717) is 25.0 Å². The van der Waals surface area contributed by atoms with E-state index in [-0.39, 0.29) is 11.9 Å². The number of anilines is 2. The molecule has 4 bridgehead atoms. The highest BCUT2D eigenvalue weighted by atomic mass is 32.1. The number of hydrogen-bond donors (Lipinski definition) is 3. The molecular formula is C25H31N5O2S. The molecule has 2 heterocycles. The molecule has 2 aromatic rings. The number of nitrogens with zero attached hydrogens (tertiary/aromatic N) is 2. The van der Waals surface area contributed by atoms with Crippen LogP contribution >= 0.6 is 11.3 Å². The lowest BCUT2D eigenvalue weighted by molar-refractivity contribution is -0.120. The van der Waals surface area contributed by atoms with E-state index >= 15 is 0 Å². The van der Waals surface area contributed by atoms with E-state index in [2.05, 4.69) is 21.3 Å².